The van der Waals surface area contributed by atoms with Crippen LogP contribution < -0.4 is 5.32 Å². The van der Waals surface area contributed by atoms with Crippen LogP contribution in [0.3, 0.4) is 0 Å². The van der Waals surface area contributed by atoms with Crippen molar-refractivity contribution in [3.8, 4) is 0 Å². The highest BCUT2D eigenvalue weighted by Crippen LogP contribution is 2.40. The lowest BCUT2D eigenvalue weighted by atomic mass is 9.93. The van der Waals surface area contributed by atoms with Gasteiger partial charge in [0, 0.05) is 17.5 Å². The Bertz CT molecular complexity index is 867. The topological polar surface area (TPSA) is 92.2 Å². The molecule has 6 heteroatoms. The van der Waals surface area contributed by atoms with Crippen LogP contribution in [-0.2, 0) is 0 Å². The van der Waals surface area contributed by atoms with E-state index < -0.39 is 5.97 Å². The Morgan fingerprint density at radius 3 is 2.04 bits per heavy atom. The molecule has 2 N–H and O–H groups in total. The first kappa shape index (κ1) is 18.6. The number of rotatable bonds is 5. The Kier molecular flexibility index (Phi) is 5.37. The highest BCUT2D eigenvalue weighted by Gasteiger charge is 2.29. The number of carbonyl (C=O) groups is 2. The lowest BCUT2D eigenvalue weighted by Crippen LogP contribution is -2.18. The van der Waals surface area contributed by atoms with E-state index in [1.807, 2.05) is 0 Å². The largest absolute Gasteiger partial charge is 0.478 e. The number of hydrogen-bond donors (Lipinski definition) is 2. The third-order valence-electron chi connectivity index (χ3n) is 5.94. The fourth-order valence-corrected chi connectivity index (χ4v) is 4.43. The molecule has 2 aromatic rings. The SMILES string of the molecule is O=C(O)c1ccc(NC(=O)c2cnc(C3CCCC3)c(C3CCCC3)n2)cc1. The van der Waals surface area contributed by atoms with E-state index >= 15 is 0 Å². The van der Waals surface area contributed by atoms with Crippen molar-refractivity contribution in [2.75, 3.05) is 5.32 Å². The highest BCUT2D eigenvalue weighted by molar-refractivity contribution is 6.03. The van der Waals surface area contributed by atoms with Crippen LogP contribution in [0.4, 0.5) is 5.69 Å². The molecule has 146 valence electrons. The molecular weight excluding hydrogens is 354 g/mol. The number of benzene rings is 1. The van der Waals surface area contributed by atoms with E-state index in [0.29, 0.717) is 23.2 Å². The summed E-state index contributed by atoms with van der Waals surface area (Å²) in [4.78, 5) is 33.1. The first-order chi connectivity index (χ1) is 13.6. The Morgan fingerprint density at radius 2 is 1.46 bits per heavy atom. The molecule has 2 aliphatic rings. The van der Waals surface area contributed by atoms with Gasteiger partial charge in [0.2, 0.25) is 0 Å². The Labute approximate surface area is 164 Å². The minimum absolute atomic E-state index is 0.183. The zero-order valence-electron chi connectivity index (χ0n) is 15.9. The van der Waals surface area contributed by atoms with Crippen molar-refractivity contribution in [1.29, 1.82) is 0 Å². The number of carboxylic acid groups (broad SMARTS) is 1. The zero-order valence-corrected chi connectivity index (χ0v) is 15.9. The Hall–Kier alpha value is -2.76. The van der Waals surface area contributed by atoms with Gasteiger partial charge in [0.15, 0.2) is 0 Å². The van der Waals surface area contributed by atoms with E-state index in [0.717, 1.165) is 37.1 Å². The molecule has 0 atom stereocenters. The number of nitrogens with zero attached hydrogens (tertiary/aromatic N) is 2. The molecule has 2 saturated carbocycles. The summed E-state index contributed by atoms with van der Waals surface area (Å²) >= 11 is 0. The number of nitrogens with one attached hydrogen (secondary N) is 1. The van der Waals surface area contributed by atoms with Gasteiger partial charge in [-0.05, 0) is 49.9 Å². The summed E-state index contributed by atoms with van der Waals surface area (Å²) in [5.41, 5.74) is 3.18. The molecule has 1 heterocycles. The third-order valence-corrected chi connectivity index (χ3v) is 5.94. The van der Waals surface area contributed by atoms with Gasteiger partial charge >= 0.3 is 5.97 Å². The highest BCUT2D eigenvalue weighted by atomic mass is 16.4. The molecule has 0 bridgehead atoms. The van der Waals surface area contributed by atoms with Gasteiger partial charge in [-0.3, -0.25) is 9.78 Å². The standard InChI is InChI=1S/C22H25N3O3/c26-21(24-17-11-9-16(10-12-17)22(27)28)18-13-23-19(14-5-1-2-6-14)20(25-18)15-7-3-4-8-15/h9-15H,1-8H2,(H,24,26)(H,27,28). The maximum Gasteiger partial charge on any atom is 0.335 e. The van der Waals surface area contributed by atoms with Gasteiger partial charge in [0.25, 0.3) is 5.91 Å². The normalized spacial score (nSPS) is 17.7. The van der Waals surface area contributed by atoms with Crippen LogP contribution in [0.25, 0.3) is 0 Å². The van der Waals surface area contributed by atoms with E-state index in [2.05, 4.69) is 5.32 Å². The fraction of sp³-hybridized carbons (Fsp3) is 0.455. The van der Waals surface area contributed by atoms with E-state index in [4.69, 9.17) is 15.1 Å². The van der Waals surface area contributed by atoms with Crippen LogP contribution >= 0.6 is 0 Å². The summed E-state index contributed by atoms with van der Waals surface area (Å²) in [6.07, 6.45) is 11.1. The van der Waals surface area contributed by atoms with Crippen molar-refractivity contribution in [2.45, 2.75) is 63.2 Å². The van der Waals surface area contributed by atoms with Gasteiger partial charge in [-0.2, -0.15) is 0 Å². The van der Waals surface area contributed by atoms with Gasteiger partial charge in [-0.25, -0.2) is 9.78 Å². The van der Waals surface area contributed by atoms with Crippen LogP contribution in [0.1, 0.15) is 95.4 Å². The molecule has 1 aromatic carbocycles. The number of aromatic nitrogens is 2. The monoisotopic (exact) mass is 379 g/mol. The number of carbonyl (C=O) groups excluding carboxylic acids is 1. The van der Waals surface area contributed by atoms with Crippen LogP contribution in [0, 0.1) is 0 Å². The average molecular weight is 379 g/mol. The van der Waals surface area contributed by atoms with Crippen LogP contribution in [0.2, 0.25) is 0 Å². The molecule has 0 aliphatic heterocycles. The van der Waals surface area contributed by atoms with Gasteiger partial charge < -0.3 is 10.4 Å². The van der Waals surface area contributed by atoms with Gasteiger partial charge in [-0.1, -0.05) is 25.7 Å². The van der Waals surface area contributed by atoms with Crippen molar-refractivity contribution < 1.29 is 14.7 Å². The molecule has 1 amide bonds. The summed E-state index contributed by atoms with van der Waals surface area (Å²) in [7, 11) is 0. The average Bonchev–Trinajstić information content (AvgIpc) is 3.42. The molecule has 6 nitrogen and oxygen atoms in total. The predicted octanol–water partition coefficient (Wildman–Crippen LogP) is 4.74. The van der Waals surface area contributed by atoms with Crippen LogP contribution in [0.15, 0.2) is 30.5 Å². The number of aromatic carboxylic acids is 1. The van der Waals surface area contributed by atoms with Crippen molar-refractivity contribution in [2.24, 2.45) is 0 Å². The third kappa shape index (κ3) is 3.91. The number of anilines is 1. The van der Waals surface area contributed by atoms with Gasteiger partial charge in [0.1, 0.15) is 5.69 Å². The van der Waals surface area contributed by atoms with Crippen molar-refractivity contribution in [1.82, 2.24) is 9.97 Å². The molecule has 2 aliphatic carbocycles. The van der Waals surface area contributed by atoms with E-state index in [1.54, 1.807) is 18.3 Å². The molecule has 0 unspecified atom stereocenters. The molecule has 1 aromatic heterocycles. The fourth-order valence-electron chi connectivity index (χ4n) is 4.43. The molecule has 2 fully saturated rings. The number of hydrogen-bond acceptors (Lipinski definition) is 4. The van der Waals surface area contributed by atoms with E-state index in [9.17, 15) is 9.59 Å². The quantitative estimate of drug-likeness (QED) is 0.783. The van der Waals surface area contributed by atoms with Gasteiger partial charge in [0.05, 0.1) is 23.1 Å². The minimum Gasteiger partial charge on any atom is -0.478 e. The molecule has 28 heavy (non-hydrogen) atoms. The Morgan fingerprint density at radius 1 is 0.893 bits per heavy atom. The summed E-state index contributed by atoms with van der Waals surface area (Å²) < 4.78 is 0. The molecular formula is C22H25N3O3. The molecule has 0 saturated heterocycles. The minimum atomic E-state index is -0.993. The maximum absolute atomic E-state index is 12.7. The lowest BCUT2D eigenvalue weighted by Gasteiger charge is -2.18. The zero-order chi connectivity index (χ0) is 19.5. The molecule has 0 radical (unpaired) electrons. The van der Waals surface area contributed by atoms with E-state index in [1.165, 1.54) is 37.8 Å². The predicted molar refractivity (Wildman–Crippen MR) is 106 cm³/mol. The maximum atomic E-state index is 12.7. The first-order valence-corrected chi connectivity index (χ1v) is 10.1. The summed E-state index contributed by atoms with van der Waals surface area (Å²) in [5, 5.41) is 11.8. The molecule has 0 spiro atoms. The summed E-state index contributed by atoms with van der Waals surface area (Å²) in [5.74, 6) is -0.422. The second-order valence-electron chi connectivity index (χ2n) is 7.83. The first-order valence-electron chi connectivity index (χ1n) is 10.1. The summed E-state index contributed by atoms with van der Waals surface area (Å²) in [6, 6.07) is 6.10. The second-order valence-corrected chi connectivity index (χ2v) is 7.83. The van der Waals surface area contributed by atoms with Crippen molar-refractivity contribution in [3.63, 3.8) is 0 Å². The van der Waals surface area contributed by atoms with Crippen LogP contribution in [-0.4, -0.2) is 27.0 Å². The number of carboxylic acids is 1. The smallest absolute Gasteiger partial charge is 0.335 e. The lowest BCUT2D eigenvalue weighted by molar-refractivity contribution is 0.0696. The second kappa shape index (κ2) is 8.09. The molecule has 4 rings (SSSR count). The van der Waals surface area contributed by atoms with Crippen molar-refractivity contribution >= 4 is 17.6 Å². The van der Waals surface area contributed by atoms with Crippen LogP contribution in [0.5, 0.6) is 0 Å². The number of amides is 1. The van der Waals surface area contributed by atoms with Crippen molar-refractivity contribution in [3.05, 3.63) is 53.1 Å². The Balaban J connectivity index is 1.57. The van der Waals surface area contributed by atoms with Gasteiger partial charge in [-0.15, -0.1) is 0 Å². The van der Waals surface area contributed by atoms with E-state index in [-0.39, 0.29) is 11.5 Å². The summed E-state index contributed by atoms with van der Waals surface area (Å²) in [6.45, 7) is 0.